The van der Waals surface area contributed by atoms with Gasteiger partial charge in [-0.1, -0.05) is 0 Å². The average Bonchev–Trinajstić information content (AvgIpc) is 3.04. The molecule has 3 heterocycles. The summed E-state index contributed by atoms with van der Waals surface area (Å²) in [4.78, 5) is 21.0. The number of morpholine rings is 1. The van der Waals surface area contributed by atoms with Crippen molar-refractivity contribution in [3.05, 3.63) is 33.0 Å². The van der Waals surface area contributed by atoms with E-state index in [0.717, 1.165) is 21.1 Å². The van der Waals surface area contributed by atoms with Crippen LogP contribution in [0.1, 0.15) is 37.9 Å². The highest BCUT2D eigenvalue weighted by Gasteiger charge is 2.29. The molecule has 1 aliphatic heterocycles. The minimum absolute atomic E-state index is 0.0670. The number of carbonyl (C=O) groups is 1. The zero-order chi connectivity index (χ0) is 15.0. The third-order valence-corrected chi connectivity index (χ3v) is 4.49. The van der Waals surface area contributed by atoms with E-state index in [0.29, 0.717) is 25.5 Å². The molecule has 0 spiro atoms. The lowest BCUT2D eigenvalue weighted by Crippen LogP contribution is -2.42. The first-order chi connectivity index (χ1) is 10.0. The molecule has 0 unspecified atom stereocenters. The van der Waals surface area contributed by atoms with Crippen molar-refractivity contribution >= 4 is 17.2 Å². The van der Waals surface area contributed by atoms with Crippen LogP contribution in [0.5, 0.6) is 0 Å². The Balaban J connectivity index is 1.77. The van der Waals surface area contributed by atoms with Crippen LogP contribution in [0.25, 0.3) is 0 Å². The molecule has 6 nitrogen and oxygen atoms in total. The molecule has 1 saturated heterocycles. The van der Waals surface area contributed by atoms with Crippen LogP contribution in [0, 0.1) is 20.8 Å². The zero-order valence-electron chi connectivity index (χ0n) is 12.3. The second kappa shape index (κ2) is 5.57. The van der Waals surface area contributed by atoms with Gasteiger partial charge >= 0.3 is 0 Å². The summed E-state index contributed by atoms with van der Waals surface area (Å²) in [5.41, 5.74) is 0.796. The molecule has 3 rings (SSSR count). The van der Waals surface area contributed by atoms with Crippen LogP contribution in [0.2, 0.25) is 0 Å². The van der Waals surface area contributed by atoms with Crippen LogP contribution in [0.15, 0.2) is 6.07 Å². The van der Waals surface area contributed by atoms with Crippen molar-refractivity contribution in [1.82, 2.24) is 20.1 Å². The van der Waals surface area contributed by atoms with Gasteiger partial charge in [0.2, 0.25) is 0 Å². The lowest BCUT2D eigenvalue weighted by molar-refractivity contribution is -0.0266. The Labute approximate surface area is 127 Å². The van der Waals surface area contributed by atoms with Gasteiger partial charge in [0.25, 0.3) is 5.91 Å². The maximum atomic E-state index is 12.6. The predicted octanol–water partition coefficient (Wildman–Crippen LogP) is 2.01. The maximum absolute atomic E-state index is 12.6. The van der Waals surface area contributed by atoms with Gasteiger partial charge in [0, 0.05) is 16.3 Å². The highest BCUT2D eigenvalue weighted by Crippen LogP contribution is 2.25. The number of aromatic amines is 1. The fraction of sp³-hybridized carbons (Fsp3) is 0.500. The van der Waals surface area contributed by atoms with Crippen LogP contribution in [-0.2, 0) is 4.74 Å². The van der Waals surface area contributed by atoms with Crippen molar-refractivity contribution in [2.45, 2.75) is 26.9 Å². The molecular weight excluding hydrogens is 288 g/mol. The number of amides is 1. The molecular formula is C14H18N4O2S. The van der Waals surface area contributed by atoms with E-state index >= 15 is 0 Å². The quantitative estimate of drug-likeness (QED) is 0.921. The van der Waals surface area contributed by atoms with Gasteiger partial charge in [-0.05, 0) is 26.8 Å². The van der Waals surface area contributed by atoms with Gasteiger partial charge < -0.3 is 9.64 Å². The van der Waals surface area contributed by atoms with Gasteiger partial charge in [0.15, 0.2) is 5.82 Å². The Morgan fingerprint density at radius 3 is 2.90 bits per heavy atom. The number of aromatic nitrogens is 3. The molecule has 7 heteroatoms. The highest BCUT2D eigenvalue weighted by atomic mass is 32.1. The number of rotatable bonds is 2. The number of carbonyl (C=O) groups excluding carboxylic acids is 1. The van der Waals surface area contributed by atoms with Crippen LogP contribution in [-0.4, -0.2) is 45.7 Å². The van der Waals surface area contributed by atoms with Crippen molar-refractivity contribution in [2.75, 3.05) is 19.7 Å². The van der Waals surface area contributed by atoms with E-state index in [-0.39, 0.29) is 12.0 Å². The van der Waals surface area contributed by atoms with Gasteiger partial charge in [-0.25, -0.2) is 4.98 Å². The van der Waals surface area contributed by atoms with Crippen LogP contribution in [0.4, 0.5) is 0 Å². The Bertz CT molecular complexity index is 664. The largest absolute Gasteiger partial charge is 0.366 e. The summed E-state index contributed by atoms with van der Waals surface area (Å²) in [7, 11) is 0. The lowest BCUT2D eigenvalue weighted by Gasteiger charge is -2.31. The number of hydrogen-bond acceptors (Lipinski definition) is 5. The number of hydrogen-bond donors (Lipinski definition) is 1. The van der Waals surface area contributed by atoms with Crippen molar-refractivity contribution in [1.29, 1.82) is 0 Å². The van der Waals surface area contributed by atoms with Gasteiger partial charge in [-0.3, -0.25) is 9.89 Å². The zero-order valence-corrected chi connectivity index (χ0v) is 13.2. The number of thiophene rings is 1. The summed E-state index contributed by atoms with van der Waals surface area (Å²) in [5.74, 6) is 1.43. The highest BCUT2D eigenvalue weighted by molar-refractivity contribution is 7.12. The molecule has 112 valence electrons. The van der Waals surface area contributed by atoms with E-state index in [1.54, 1.807) is 11.3 Å². The Hall–Kier alpha value is -1.73. The van der Waals surface area contributed by atoms with E-state index < -0.39 is 0 Å². The minimum Gasteiger partial charge on any atom is -0.366 e. The first-order valence-electron chi connectivity index (χ1n) is 6.91. The first kappa shape index (κ1) is 14.2. The Morgan fingerprint density at radius 2 is 2.29 bits per heavy atom. The number of nitrogens with zero attached hydrogens (tertiary/aromatic N) is 3. The second-order valence-corrected chi connectivity index (χ2v) is 6.68. The topological polar surface area (TPSA) is 71.1 Å². The normalized spacial score (nSPS) is 19.0. The summed E-state index contributed by atoms with van der Waals surface area (Å²) in [6.45, 7) is 7.46. The summed E-state index contributed by atoms with van der Waals surface area (Å²) < 4.78 is 5.69. The number of ether oxygens (including phenoxy) is 1. The molecule has 0 aromatic carbocycles. The average molecular weight is 306 g/mol. The molecule has 1 N–H and O–H groups in total. The third-order valence-electron chi connectivity index (χ3n) is 3.53. The SMILES string of the molecule is Cc1nc([C@H]2CN(C(=O)c3cc(C)sc3C)CCO2)n[nH]1. The maximum Gasteiger partial charge on any atom is 0.255 e. The molecule has 0 bridgehead atoms. The monoisotopic (exact) mass is 306 g/mol. The molecule has 21 heavy (non-hydrogen) atoms. The lowest BCUT2D eigenvalue weighted by atomic mass is 10.2. The van der Waals surface area contributed by atoms with Crippen molar-refractivity contribution in [3.63, 3.8) is 0 Å². The van der Waals surface area contributed by atoms with Crippen molar-refractivity contribution in [3.8, 4) is 0 Å². The standard InChI is InChI=1S/C14H18N4O2S/c1-8-6-11(9(2)21-8)14(19)18-4-5-20-12(7-18)13-15-10(3)16-17-13/h6,12H,4-5,7H2,1-3H3,(H,15,16,17)/t12-/m1/s1. The fourth-order valence-corrected chi connectivity index (χ4v) is 3.42. The molecule has 1 fully saturated rings. The summed E-state index contributed by atoms with van der Waals surface area (Å²) in [6, 6.07) is 1.96. The smallest absolute Gasteiger partial charge is 0.255 e. The number of H-pyrrole nitrogens is 1. The summed E-state index contributed by atoms with van der Waals surface area (Å²) in [6.07, 6.45) is -0.257. The Kier molecular flexibility index (Phi) is 3.77. The molecule has 0 radical (unpaired) electrons. The van der Waals surface area contributed by atoms with Crippen molar-refractivity contribution in [2.24, 2.45) is 0 Å². The van der Waals surface area contributed by atoms with Gasteiger partial charge in [-0.2, -0.15) is 5.10 Å². The van der Waals surface area contributed by atoms with E-state index in [2.05, 4.69) is 15.2 Å². The van der Waals surface area contributed by atoms with E-state index in [4.69, 9.17) is 4.74 Å². The van der Waals surface area contributed by atoms with Crippen molar-refractivity contribution < 1.29 is 9.53 Å². The van der Waals surface area contributed by atoms with Gasteiger partial charge in [-0.15, -0.1) is 11.3 Å². The number of aryl methyl sites for hydroxylation is 3. The fourth-order valence-electron chi connectivity index (χ4n) is 2.51. The summed E-state index contributed by atoms with van der Waals surface area (Å²) >= 11 is 1.65. The Morgan fingerprint density at radius 1 is 1.48 bits per heavy atom. The first-order valence-corrected chi connectivity index (χ1v) is 7.73. The second-order valence-electron chi connectivity index (χ2n) is 5.22. The molecule has 0 saturated carbocycles. The number of nitrogens with one attached hydrogen (secondary N) is 1. The van der Waals surface area contributed by atoms with Gasteiger partial charge in [0.05, 0.1) is 18.7 Å². The van der Waals surface area contributed by atoms with Crippen LogP contribution >= 0.6 is 11.3 Å². The van der Waals surface area contributed by atoms with E-state index in [1.165, 1.54) is 0 Å². The minimum atomic E-state index is -0.257. The van der Waals surface area contributed by atoms with E-state index in [1.807, 2.05) is 31.7 Å². The molecule has 2 aromatic rings. The van der Waals surface area contributed by atoms with E-state index in [9.17, 15) is 4.79 Å². The molecule has 1 aliphatic rings. The van der Waals surface area contributed by atoms with Crippen LogP contribution < -0.4 is 0 Å². The van der Waals surface area contributed by atoms with Crippen LogP contribution in [0.3, 0.4) is 0 Å². The molecule has 2 aromatic heterocycles. The molecule has 1 amide bonds. The third kappa shape index (κ3) is 2.84. The molecule has 1 atom stereocenters. The molecule has 0 aliphatic carbocycles. The van der Waals surface area contributed by atoms with Gasteiger partial charge in [0.1, 0.15) is 11.9 Å². The predicted molar refractivity (Wildman–Crippen MR) is 79.5 cm³/mol. The summed E-state index contributed by atoms with van der Waals surface area (Å²) in [5, 5.41) is 6.94.